The van der Waals surface area contributed by atoms with Crippen molar-refractivity contribution in [2.45, 2.75) is 59.8 Å². The van der Waals surface area contributed by atoms with Gasteiger partial charge in [-0.15, -0.1) is 9.05 Å². The molecule has 16 heteroatoms. The van der Waals surface area contributed by atoms with Crippen molar-refractivity contribution in [2.24, 2.45) is 11.3 Å². The first-order valence-electron chi connectivity index (χ1n) is 13.1. The zero-order valence-electron chi connectivity index (χ0n) is 23.5. The van der Waals surface area contributed by atoms with Crippen molar-refractivity contribution in [1.82, 2.24) is 24.8 Å². The first kappa shape index (κ1) is 31.9. The van der Waals surface area contributed by atoms with Gasteiger partial charge in [0.2, 0.25) is 11.8 Å². The minimum Gasteiger partial charge on any atom is -0.476 e. The van der Waals surface area contributed by atoms with Crippen molar-refractivity contribution in [1.29, 1.82) is 0 Å². The second-order valence-electron chi connectivity index (χ2n) is 9.78. The average Bonchev–Trinajstić information content (AvgIpc) is 3.48. The Morgan fingerprint density at radius 1 is 1.27 bits per heavy atom. The maximum Gasteiger partial charge on any atom is 0.697 e. The third-order valence-corrected chi connectivity index (χ3v) is 8.08. The number of carbonyl (C=O) groups is 2. The number of imidazole rings is 1. The van der Waals surface area contributed by atoms with Crippen LogP contribution in [-0.2, 0) is 27.9 Å². The van der Waals surface area contributed by atoms with Crippen molar-refractivity contribution in [3.63, 3.8) is 0 Å². The second-order valence-corrected chi connectivity index (χ2v) is 11.8. The van der Waals surface area contributed by atoms with Gasteiger partial charge in [0.25, 0.3) is 0 Å². The summed E-state index contributed by atoms with van der Waals surface area (Å²) in [5.41, 5.74) is 6.21. The van der Waals surface area contributed by atoms with E-state index in [-0.39, 0.29) is 49.1 Å². The summed E-state index contributed by atoms with van der Waals surface area (Å²) in [5, 5.41) is 2.56. The molecule has 0 aliphatic carbocycles. The van der Waals surface area contributed by atoms with E-state index in [2.05, 4.69) is 20.3 Å². The average molecular weight is 602 g/mol. The van der Waals surface area contributed by atoms with Crippen LogP contribution in [0.3, 0.4) is 0 Å². The van der Waals surface area contributed by atoms with Gasteiger partial charge < -0.3 is 25.3 Å². The predicted octanol–water partition coefficient (Wildman–Crippen LogP) is 3.84. The van der Waals surface area contributed by atoms with Crippen LogP contribution in [0, 0.1) is 11.3 Å². The Kier molecular flexibility index (Phi) is 11.9. The van der Waals surface area contributed by atoms with E-state index in [9.17, 15) is 14.2 Å². The van der Waals surface area contributed by atoms with Crippen molar-refractivity contribution < 1.29 is 37.4 Å². The largest absolute Gasteiger partial charge is 0.697 e. The second kappa shape index (κ2) is 14.9. The summed E-state index contributed by atoms with van der Waals surface area (Å²) < 4.78 is 41.2. The molecule has 4 atom stereocenters. The summed E-state index contributed by atoms with van der Waals surface area (Å²) in [6.07, 6.45) is 1.54. The molecule has 0 bridgehead atoms. The minimum absolute atomic E-state index is 0.0512. The van der Waals surface area contributed by atoms with Gasteiger partial charge in [0, 0.05) is 28.2 Å². The number of nitrogens with zero attached hydrogens (tertiary/aromatic N) is 4. The molecule has 0 saturated carbocycles. The molecule has 0 radical (unpaired) electrons. The molecule has 1 unspecified atom stereocenters. The van der Waals surface area contributed by atoms with Gasteiger partial charge in [0.1, 0.15) is 19.4 Å². The third kappa shape index (κ3) is 8.71. The first-order valence-corrected chi connectivity index (χ1v) is 15.2. The lowest BCUT2D eigenvalue weighted by molar-refractivity contribution is -0.118. The van der Waals surface area contributed by atoms with Crippen molar-refractivity contribution in [3.05, 3.63) is 6.33 Å². The number of amides is 1. The summed E-state index contributed by atoms with van der Waals surface area (Å²) in [6.45, 7) is 10.4. The van der Waals surface area contributed by atoms with Crippen LogP contribution in [0.1, 0.15) is 53.7 Å². The van der Waals surface area contributed by atoms with Crippen molar-refractivity contribution >= 4 is 48.3 Å². The summed E-state index contributed by atoms with van der Waals surface area (Å²) in [7, 11) is -2.38. The van der Waals surface area contributed by atoms with E-state index in [1.807, 2.05) is 27.7 Å². The van der Waals surface area contributed by atoms with E-state index >= 15 is 0 Å². The Balaban J connectivity index is 1.39. The zero-order chi connectivity index (χ0) is 29.3. The molecule has 222 valence electrons. The fraction of sp³-hybridized carbons (Fsp3) is 0.708. The number of nitrogens with two attached hydrogens (primary N) is 1. The van der Waals surface area contributed by atoms with Crippen LogP contribution < -0.4 is 15.8 Å². The van der Waals surface area contributed by atoms with E-state index in [0.29, 0.717) is 48.8 Å². The summed E-state index contributed by atoms with van der Waals surface area (Å²) in [6, 6.07) is 0. The number of carbonyl (C=O) groups excluding carboxylic acids is 2. The Labute approximate surface area is 238 Å². The normalized spacial score (nSPS) is 19.5. The lowest BCUT2D eigenvalue weighted by Gasteiger charge is -2.22. The number of anilines is 1. The molecule has 14 nitrogen and oxygen atoms in total. The number of rotatable bonds is 15. The monoisotopic (exact) mass is 601 g/mol. The Bertz CT molecular complexity index is 1180. The fourth-order valence-corrected chi connectivity index (χ4v) is 5.65. The highest BCUT2D eigenvalue weighted by atomic mass is 32.2. The number of alkyl carbamates (subject to hydrolysis) is 1. The molecule has 1 aliphatic heterocycles. The SMILES string of the molecule is CCOC(=O)NCCC(C)(C)C(=O)SCCO[P+](=O)OC[C@@H]1C[C@H](C)[C@H](n2cnc3c(OCC)nc(N)nc32)O1. The quantitative estimate of drug-likeness (QED) is 0.222. The van der Waals surface area contributed by atoms with E-state index in [0.717, 1.165) is 11.8 Å². The molecule has 0 aromatic carbocycles. The Morgan fingerprint density at radius 2 is 2.05 bits per heavy atom. The van der Waals surface area contributed by atoms with Crippen LogP contribution in [0.4, 0.5) is 10.7 Å². The zero-order valence-corrected chi connectivity index (χ0v) is 25.2. The van der Waals surface area contributed by atoms with Crippen molar-refractivity contribution in [3.8, 4) is 5.88 Å². The molecule has 2 aromatic heterocycles. The van der Waals surface area contributed by atoms with E-state index in [1.165, 1.54) is 0 Å². The fourth-order valence-electron chi connectivity index (χ4n) is 4.08. The minimum atomic E-state index is -2.38. The van der Waals surface area contributed by atoms with E-state index in [1.54, 1.807) is 17.8 Å². The molecule has 1 fully saturated rings. The van der Waals surface area contributed by atoms with Gasteiger partial charge >= 0.3 is 14.3 Å². The van der Waals surface area contributed by atoms with Crippen LogP contribution in [0.25, 0.3) is 11.2 Å². The molecular formula is C24H38N6O8PS+. The molecule has 3 heterocycles. The highest BCUT2D eigenvalue weighted by molar-refractivity contribution is 8.13. The lowest BCUT2D eigenvalue weighted by Crippen LogP contribution is -2.31. The number of nitrogen functional groups attached to an aromatic ring is 1. The van der Waals surface area contributed by atoms with Gasteiger partial charge in [0.15, 0.2) is 16.3 Å². The van der Waals surface area contributed by atoms with Gasteiger partial charge in [-0.3, -0.25) is 9.36 Å². The molecule has 2 aromatic rings. The molecule has 40 heavy (non-hydrogen) atoms. The molecule has 0 spiro atoms. The number of aromatic nitrogens is 4. The predicted molar refractivity (Wildman–Crippen MR) is 149 cm³/mol. The number of hydrogen-bond donors (Lipinski definition) is 2. The maximum atomic E-state index is 12.5. The molecule has 3 rings (SSSR count). The highest BCUT2D eigenvalue weighted by Crippen LogP contribution is 2.38. The van der Waals surface area contributed by atoms with Gasteiger partial charge in [-0.1, -0.05) is 32.5 Å². The summed E-state index contributed by atoms with van der Waals surface area (Å²) >= 11 is 1.09. The van der Waals surface area contributed by atoms with Crippen LogP contribution in [-0.4, -0.2) is 75.6 Å². The number of ether oxygens (including phenoxy) is 3. The lowest BCUT2D eigenvalue weighted by atomic mass is 9.91. The number of fused-ring (bicyclic) bond motifs is 1. The molecule has 3 N–H and O–H groups in total. The molecule has 1 amide bonds. The summed E-state index contributed by atoms with van der Waals surface area (Å²) in [5.74, 6) is 0.805. The van der Waals surface area contributed by atoms with Gasteiger partial charge in [-0.05, 0) is 26.7 Å². The standard InChI is InChI=1S/C24H37N6O8PS/c1-6-34-19-17-18(28-22(25)29-19)30(14-27-17)20-15(3)12-16(38-20)13-37-39(33)36-10-11-40-21(31)24(4,5)8-9-26-23(32)35-7-2/h14-16,20H,6-13H2,1-5H3,(H2-,25,26,28,29,32)/p+1/t15-,16-,20+/m0/s1. The molecule has 1 saturated heterocycles. The van der Waals surface area contributed by atoms with E-state index < -0.39 is 19.8 Å². The maximum absolute atomic E-state index is 12.5. The number of thioether (sulfide) groups is 1. The molecule has 1 aliphatic rings. The molecular weight excluding hydrogens is 563 g/mol. The van der Waals surface area contributed by atoms with Gasteiger partial charge in [-0.2, -0.15) is 9.97 Å². The van der Waals surface area contributed by atoms with Crippen LogP contribution in [0.2, 0.25) is 0 Å². The topological polar surface area (TPSA) is 179 Å². The van der Waals surface area contributed by atoms with E-state index in [4.69, 9.17) is 29.0 Å². The van der Waals surface area contributed by atoms with Crippen LogP contribution in [0.5, 0.6) is 5.88 Å². The van der Waals surface area contributed by atoms with Crippen LogP contribution >= 0.6 is 20.0 Å². The number of nitrogens with one attached hydrogen (secondary N) is 1. The highest BCUT2D eigenvalue weighted by Gasteiger charge is 2.37. The third-order valence-electron chi connectivity index (χ3n) is 6.14. The summed E-state index contributed by atoms with van der Waals surface area (Å²) in [4.78, 5) is 36.7. The van der Waals surface area contributed by atoms with Crippen LogP contribution in [0.15, 0.2) is 6.33 Å². The Hall–Kier alpha value is -2.58. The van der Waals surface area contributed by atoms with Gasteiger partial charge in [-0.25, -0.2) is 9.78 Å². The smallest absolute Gasteiger partial charge is 0.476 e. The Morgan fingerprint density at radius 3 is 2.77 bits per heavy atom. The van der Waals surface area contributed by atoms with Crippen molar-refractivity contribution in [2.75, 3.05) is 44.5 Å². The number of hydrogen-bond acceptors (Lipinski definition) is 13. The van der Waals surface area contributed by atoms with Gasteiger partial charge in [0.05, 0.1) is 25.6 Å². The first-order chi connectivity index (χ1) is 19.1.